The Morgan fingerprint density at radius 1 is 1.32 bits per heavy atom. The van der Waals surface area contributed by atoms with Crippen LogP contribution < -0.4 is 4.57 Å². The molecule has 0 spiro atoms. The number of rotatable bonds is 9. The van der Waals surface area contributed by atoms with E-state index in [0.717, 1.165) is 25.7 Å². The molecule has 4 atom stereocenters. The summed E-state index contributed by atoms with van der Waals surface area (Å²) in [6.45, 7) is 1.31. The molecule has 7 nitrogen and oxygen atoms in total. The molecule has 2 fully saturated rings. The fourth-order valence-corrected chi connectivity index (χ4v) is 4.70. The summed E-state index contributed by atoms with van der Waals surface area (Å²) in [5.74, 6) is 0. The zero-order valence-electron chi connectivity index (χ0n) is 14.6. The van der Waals surface area contributed by atoms with Gasteiger partial charge >= 0.3 is 7.82 Å². The smallest absolute Gasteiger partial charge is 0.384 e. The van der Waals surface area contributed by atoms with Gasteiger partial charge < -0.3 is 14.4 Å². The monoisotopic (exact) mass is 372 g/mol. The Hall–Kier alpha value is -0.820. The molecule has 2 heterocycles. The van der Waals surface area contributed by atoms with Gasteiger partial charge in [-0.15, -0.1) is 0 Å². The number of aromatic nitrogens is 1. The standard InChI is InChI=1S/C17H26NO6P/c1-21-14-17-7-5-6-16(17)24-15(12-17)13-23-25(19,20)22-11-10-18-8-3-2-4-9-18/h2-4,8-9,15-16H,5-7,10-14H2,1H3/p+1/t15-,16+,17+/m1/s1. The Balaban J connectivity index is 1.42. The molecule has 2 aliphatic rings. The first-order chi connectivity index (χ1) is 12.0. The largest absolute Gasteiger partial charge is 0.472 e. The van der Waals surface area contributed by atoms with E-state index in [-0.39, 0.29) is 30.8 Å². The van der Waals surface area contributed by atoms with Crippen LogP contribution in [0.4, 0.5) is 0 Å². The predicted molar refractivity (Wildman–Crippen MR) is 89.8 cm³/mol. The molecular weight excluding hydrogens is 345 g/mol. The molecule has 1 aliphatic heterocycles. The lowest BCUT2D eigenvalue weighted by Crippen LogP contribution is -2.34. The summed E-state index contributed by atoms with van der Waals surface area (Å²) in [4.78, 5) is 9.84. The first-order valence-corrected chi connectivity index (χ1v) is 10.2. The highest BCUT2D eigenvalue weighted by molar-refractivity contribution is 7.47. The fraction of sp³-hybridized carbons (Fsp3) is 0.706. The van der Waals surface area contributed by atoms with Crippen LogP contribution in [-0.4, -0.2) is 44.0 Å². The molecule has 1 N–H and O–H groups in total. The summed E-state index contributed by atoms with van der Waals surface area (Å²) in [5.41, 5.74) is 0.0347. The van der Waals surface area contributed by atoms with Crippen molar-refractivity contribution in [3.8, 4) is 0 Å². The van der Waals surface area contributed by atoms with Crippen molar-refractivity contribution in [2.24, 2.45) is 5.41 Å². The van der Waals surface area contributed by atoms with E-state index < -0.39 is 7.82 Å². The molecule has 1 aromatic rings. The zero-order chi connectivity index (χ0) is 17.8. The number of fused-ring (bicyclic) bond motifs is 1. The Bertz CT molecular complexity index is 600. The van der Waals surface area contributed by atoms with Gasteiger partial charge in [0.15, 0.2) is 18.9 Å². The van der Waals surface area contributed by atoms with Crippen LogP contribution in [0, 0.1) is 5.41 Å². The minimum Gasteiger partial charge on any atom is -0.384 e. The maximum Gasteiger partial charge on any atom is 0.472 e. The van der Waals surface area contributed by atoms with E-state index in [9.17, 15) is 9.46 Å². The maximum absolute atomic E-state index is 12.0. The van der Waals surface area contributed by atoms with E-state index in [4.69, 9.17) is 18.5 Å². The van der Waals surface area contributed by atoms with Crippen LogP contribution in [0.1, 0.15) is 25.7 Å². The van der Waals surface area contributed by atoms with Crippen LogP contribution in [0.25, 0.3) is 0 Å². The highest BCUT2D eigenvalue weighted by Gasteiger charge is 2.51. The molecule has 25 heavy (non-hydrogen) atoms. The van der Waals surface area contributed by atoms with Gasteiger partial charge in [0.2, 0.25) is 0 Å². The number of ether oxygens (including phenoxy) is 2. The van der Waals surface area contributed by atoms with Crippen molar-refractivity contribution in [2.45, 2.75) is 44.4 Å². The Kier molecular flexibility index (Phi) is 6.25. The van der Waals surface area contributed by atoms with E-state index >= 15 is 0 Å². The first-order valence-electron chi connectivity index (χ1n) is 8.73. The van der Waals surface area contributed by atoms with E-state index in [0.29, 0.717) is 13.2 Å². The van der Waals surface area contributed by atoms with Crippen molar-refractivity contribution in [3.63, 3.8) is 0 Å². The lowest BCUT2D eigenvalue weighted by molar-refractivity contribution is -0.697. The van der Waals surface area contributed by atoms with Gasteiger partial charge in [-0.3, -0.25) is 9.05 Å². The number of phosphoric ester groups is 1. The number of phosphoric acid groups is 1. The zero-order valence-corrected chi connectivity index (χ0v) is 15.5. The molecule has 140 valence electrons. The fourth-order valence-electron chi connectivity index (χ4n) is 3.96. The lowest BCUT2D eigenvalue weighted by atomic mass is 9.82. The normalized spacial score (nSPS) is 31.0. The highest BCUT2D eigenvalue weighted by Crippen LogP contribution is 2.51. The van der Waals surface area contributed by atoms with Gasteiger partial charge in [-0.25, -0.2) is 9.13 Å². The highest BCUT2D eigenvalue weighted by atomic mass is 31.2. The molecule has 8 heteroatoms. The van der Waals surface area contributed by atoms with Crippen LogP contribution in [0.15, 0.2) is 30.6 Å². The van der Waals surface area contributed by atoms with E-state index in [1.807, 2.05) is 35.2 Å². The molecule has 0 radical (unpaired) electrons. The number of hydrogen-bond donors (Lipinski definition) is 1. The van der Waals surface area contributed by atoms with Crippen LogP contribution in [0.2, 0.25) is 0 Å². The van der Waals surface area contributed by atoms with Gasteiger partial charge in [0, 0.05) is 24.7 Å². The molecule has 1 saturated carbocycles. The predicted octanol–water partition coefficient (Wildman–Crippen LogP) is 2.08. The third-order valence-electron chi connectivity index (χ3n) is 5.05. The molecule has 1 aromatic heterocycles. The third-order valence-corrected chi connectivity index (χ3v) is 6.04. The molecule has 1 unspecified atom stereocenters. The summed E-state index contributed by atoms with van der Waals surface area (Å²) >= 11 is 0. The van der Waals surface area contributed by atoms with E-state index in [1.54, 1.807) is 7.11 Å². The minimum atomic E-state index is -4.07. The van der Waals surface area contributed by atoms with Crippen molar-refractivity contribution < 1.29 is 32.5 Å². The number of methoxy groups -OCH3 is 1. The van der Waals surface area contributed by atoms with Crippen LogP contribution in [-0.2, 0) is 29.6 Å². The molecule has 1 saturated heterocycles. The van der Waals surface area contributed by atoms with E-state index in [1.165, 1.54) is 0 Å². The molecule has 0 amide bonds. The summed E-state index contributed by atoms with van der Waals surface area (Å²) in [7, 11) is -2.37. The van der Waals surface area contributed by atoms with Crippen molar-refractivity contribution in [1.82, 2.24) is 0 Å². The Morgan fingerprint density at radius 2 is 2.12 bits per heavy atom. The topological polar surface area (TPSA) is 78.1 Å². The average Bonchev–Trinajstić information content (AvgIpc) is 3.11. The SMILES string of the molecule is COC[C@@]12CCC[C@@H]1O[C@@H](COP(=O)(O)OCC[n+]1ccccc1)C2. The molecule has 0 bridgehead atoms. The summed E-state index contributed by atoms with van der Waals surface area (Å²) in [5, 5.41) is 0. The lowest BCUT2D eigenvalue weighted by Gasteiger charge is -2.26. The first kappa shape index (κ1) is 19.0. The number of nitrogens with zero attached hydrogens (tertiary/aromatic N) is 1. The van der Waals surface area contributed by atoms with E-state index in [2.05, 4.69) is 0 Å². The van der Waals surface area contributed by atoms with Crippen LogP contribution >= 0.6 is 7.82 Å². The van der Waals surface area contributed by atoms with Gasteiger partial charge in [0.05, 0.1) is 25.4 Å². The number of hydrogen-bond acceptors (Lipinski definition) is 5. The molecule has 1 aliphatic carbocycles. The molecule has 0 aromatic carbocycles. The second kappa shape index (κ2) is 8.25. The van der Waals surface area contributed by atoms with Gasteiger partial charge in [-0.05, 0) is 19.3 Å². The van der Waals surface area contributed by atoms with Crippen molar-refractivity contribution in [1.29, 1.82) is 0 Å². The minimum absolute atomic E-state index is 0.0347. The molecular formula is C17H27NO6P+. The summed E-state index contributed by atoms with van der Waals surface area (Å²) in [6.07, 6.45) is 7.74. The van der Waals surface area contributed by atoms with Gasteiger partial charge in [0.25, 0.3) is 0 Å². The Morgan fingerprint density at radius 3 is 2.88 bits per heavy atom. The van der Waals surface area contributed by atoms with Gasteiger partial charge in [-0.1, -0.05) is 12.5 Å². The Labute approximate surface area is 148 Å². The van der Waals surface area contributed by atoms with Crippen molar-refractivity contribution >= 4 is 7.82 Å². The van der Waals surface area contributed by atoms with Gasteiger partial charge in [0.1, 0.15) is 6.61 Å². The van der Waals surface area contributed by atoms with Crippen LogP contribution in [0.5, 0.6) is 0 Å². The quantitative estimate of drug-likeness (QED) is 0.528. The third kappa shape index (κ3) is 4.88. The van der Waals surface area contributed by atoms with Crippen LogP contribution in [0.3, 0.4) is 0 Å². The van der Waals surface area contributed by atoms with Gasteiger partial charge in [-0.2, -0.15) is 0 Å². The average molecular weight is 372 g/mol. The van der Waals surface area contributed by atoms with Crippen molar-refractivity contribution in [3.05, 3.63) is 30.6 Å². The van der Waals surface area contributed by atoms with Crippen molar-refractivity contribution in [2.75, 3.05) is 26.9 Å². The second-order valence-electron chi connectivity index (χ2n) is 6.85. The number of pyridine rings is 1. The summed E-state index contributed by atoms with van der Waals surface area (Å²) in [6, 6.07) is 5.68. The maximum atomic E-state index is 12.0. The molecule has 3 rings (SSSR count). The second-order valence-corrected chi connectivity index (χ2v) is 8.30. The summed E-state index contributed by atoms with van der Waals surface area (Å²) < 4.78 is 35.5.